The minimum Gasteiger partial charge on any atom is -0.481 e. The van der Waals surface area contributed by atoms with E-state index in [9.17, 15) is 14.7 Å². The van der Waals surface area contributed by atoms with Gasteiger partial charge in [0, 0.05) is 18.3 Å². The number of carboxylic acids is 1. The van der Waals surface area contributed by atoms with Crippen LogP contribution in [-0.4, -0.2) is 28.1 Å². The van der Waals surface area contributed by atoms with Gasteiger partial charge in [-0.25, -0.2) is 0 Å². The smallest absolute Gasteiger partial charge is 0.303 e. The zero-order valence-corrected chi connectivity index (χ0v) is 14.3. The molecule has 0 heterocycles. The van der Waals surface area contributed by atoms with Gasteiger partial charge in [0.1, 0.15) is 0 Å². The van der Waals surface area contributed by atoms with Gasteiger partial charge >= 0.3 is 5.97 Å². The van der Waals surface area contributed by atoms with Gasteiger partial charge < -0.3 is 10.2 Å². The van der Waals surface area contributed by atoms with Crippen molar-refractivity contribution >= 4 is 11.8 Å². The molecule has 0 spiro atoms. The fourth-order valence-corrected chi connectivity index (χ4v) is 2.59. The molecule has 1 aliphatic rings. The first-order chi connectivity index (χ1) is 11.5. The van der Waals surface area contributed by atoms with Crippen LogP contribution in [0.25, 0.3) is 0 Å². The summed E-state index contributed by atoms with van der Waals surface area (Å²) in [6, 6.07) is 0. The first kappa shape index (κ1) is 20.1. The predicted molar refractivity (Wildman–Crippen MR) is 95.6 cm³/mol. The van der Waals surface area contributed by atoms with E-state index in [0.29, 0.717) is 25.7 Å². The molecule has 0 aliphatic heterocycles. The van der Waals surface area contributed by atoms with Crippen LogP contribution in [0.3, 0.4) is 0 Å². The molecule has 0 aromatic rings. The van der Waals surface area contributed by atoms with E-state index in [1.807, 2.05) is 43.4 Å². The van der Waals surface area contributed by atoms with E-state index in [4.69, 9.17) is 5.11 Å². The monoisotopic (exact) mass is 332 g/mol. The topological polar surface area (TPSA) is 74.6 Å². The fourth-order valence-electron chi connectivity index (χ4n) is 2.59. The van der Waals surface area contributed by atoms with E-state index in [1.54, 1.807) is 12.2 Å². The number of aliphatic carboxylic acids is 1. The van der Waals surface area contributed by atoms with E-state index in [2.05, 4.69) is 0 Å². The summed E-state index contributed by atoms with van der Waals surface area (Å²) in [7, 11) is 0. The second-order valence-electron chi connectivity index (χ2n) is 6.01. The molecule has 0 amide bonds. The highest BCUT2D eigenvalue weighted by molar-refractivity contribution is 5.95. The highest BCUT2D eigenvalue weighted by Gasteiger charge is 2.27. The summed E-state index contributed by atoms with van der Waals surface area (Å²) in [5.74, 6) is -0.766. The molecule has 0 fully saturated rings. The van der Waals surface area contributed by atoms with Crippen molar-refractivity contribution in [3.05, 3.63) is 48.6 Å². The van der Waals surface area contributed by atoms with Crippen LogP contribution < -0.4 is 0 Å². The molecule has 1 rings (SSSR count). The van der Waals surface area contributed by atoms with Gasteiger partial charge in [-0.15, -0.1) is 0 Å². The summed E-state index contributed by atoms with van der Waals surface area (Å²) >= 11 is 0. The van der Waals surface area contributed by atoms with Gasteiger partial charge in [0.15, 0.2) is 5.78 Å². The first-order valence-electron chi connectivity index (χ1n) is 8.64. The Kier molecular flexibility index (Phi) is 9.70. The molecule has 0 unspecified atom stereocenters. The third-order valence-corrected chi connectivity index (χ3v) is 3.97. The van der Waals surface area contributed by atoms with E-state index >= 15 is 0 Å². The van der Waals surface area contributed by atoms with Crippen molar-refractivity contribution < 1.29 is 19.8 Å². The number of aliphatic hydroxyl groups excluding tert-OH is 1. The summed E-state index contributed by atoms with van der Waals surface area (Å²) in [5, 5.41) is 18.5. The Morgan fingerprint density at radius 2 is 2.08 bits per heavy atom. The maximum absolute atomic E-state index is 11.9. The molecule has 132 valence electrons. The highest BCUT2D eigenvalue weighted by atomic mass is 16.4. The molecule has 1 aliphatic carbocycles. The van der Waals surface area contributed by atoms with Gasteiger partial charge in [0.05, 0.1) is 6.10 Å². The summed E-state index contributed by atoms with van der Waals surface area (Å²) in [6.07, 6.45) is 18.2. The number of unbranched alkanes of at least 4 members (excludes halogenated alkanes) is 1. The van der Waals surface area contributed by atoms with Crippen LogP contribution in [0.1, 0.15) is 45.4 Å². The van der Waals surface area contributed by atoms with Gasteiger partial charge in [0.25, 0.3) is 0 Å². The predicted octanol–water partition coefficient (Wildman–Crippen LogP) is 3.83. The number of hydrogen-bond donors (Lipinski definition) is 2. The van der Waals surface area contributed by atoms with Crippen LogP contribution >= 0.6 is 0 Å². The van der Waals surface area contributed by atoms with Crippen LogP contribution in [0.2, 0.25) is 0 Å². The number of carbonyl (C=O) groups is 2. The van der Waals surface area contributed by atoms with E-state index in [1.165, 1.54) is 0 Å². The molecule has 2 N–H and O–H groups in total. The van der Waals surface area contributed by atoms with Crippen molar-refractivity contribution in [1.29, 1.82) is 0 Å². The minimum absolute atomic E-state index is 0.0194. The van der Waals surface area contributed by atoms with Crippen LogP contribution in [0, 0.1) is 11.8 Å². The molecule has 0 aromatic heterocycles. The lowest BCUT2D eigenvalue weighted by molar-refractivity contribution is -0.137. The van der Waals surface area contributed by atoms with Crippen molar-refractivity contribution in [2.75, 3.05) is 0 Å². The molecule has 0 saturated carbocycles. The summed E-state index contributed by atoms with van der Waals surface area (Å²) in [5.41, 5.74) is 0. The Balaban J connectivity index is 2.42. The standard InChI is InChI=1S/C20H28O4/c1-2-3-6-9-17(21)14-12-16-13-15-19(22)18(16)10-7-4-5-8-11-20(23)24/h3-4,6-7,12-18,21H,2,5,8-11H2,1H3,(H,23,24)/t16-,17-,18+/m0/s1. The SMILES string of the molecule is CCC=CC[C@H](O)C=C[C@H]1C=CC(=O)[C@@H]1CC=CCCCC(=O)O. The Bertz CT molecular complexity index is 514. The Hall–Kier alpha value is -1.94. The lowest BCUT2D eigenvalue weighted by Crippen LogP contribution is -2.14. The van der Waals surface area contributed by atoms with Crippen LogP contribution in [0.4, 0.5) is 0 Å². The van der Waals surface area contributed by atoms with E-state index in [0.717, 1.165) is 6.42 Å². The third-order valence-electron chi connectivity index (χ3n) is 3.97. The van der Waals surface area contributed by atoms with Crippen LogP contribution in [0.15, 0.2) is 48.6 Å². The lowest BCUT2D eigenvalue weighted by Gasteiger charge is -2.13. The highest BCUT2D eigenvalue weighted by Crippen LogP contribution is 2.27. The number of aliphatic hydroxyl groups is 1. The van der Waals surface area contributed by atoms with Gasteiger partial charge in [-0.2, -0.15) is 0 Å². The molecule has 0 bridgehead atoms. The van der Waals surface area contributed by atoms with Gasteiger partial charge in [0.2, 0.25) is 0 Å². The van der Waals surface area contributed by atoms with Crippen LogP contribution in [0.5, 0.6) is 0 Å². The second-order valence-corrected chi connectivity index (χ2v) is 6.01. The molecule has 4 nitrogen and oxygen atoms in total. The molecule has 24 heavy (non-hydrogen) atoms. The van der Waals surface area contributed by atoms with E-state index in [-0.39, 0.29) is 24.0 Å². The average Bonchev–Trinajstić information content (AvgIpc) is 2.89. The fraction of sp³-hybridized carbons (Fsp3) is 0.500. The molecular formula is C20H28O4. The normalized spacial score (nSPS) is 22.3. The second kappa shape index (κ2) is 11.6. The number of rotatable bonds is 11. The van der Waals surface area contributed by atoms with Gasteiger partial charge in [-0.05, 0) is 38.2 Å². The zero-order chi connectivity index (χ0) is 17.8. The van der Waals surface area contributed by atoms with Gasteiger partial charge in [-0.1, -0.05) is 49.5 Å². The number of carbonyl (C=O) groups excluding carboxylic acids is 1. The van der Waals surface area contributed by atoms with Crippen molar-refractivity contribution in [3.8, 4) is 0 Å². The maximum Gasteiger partial charge on any atom is 0.303 e. The van der Waals surface area contributed by atoms with Crippen molar-refractivity contribution in [1.82, 2.24) is 0 Å². The third kappa shape index (κ3) is 8.06. The van der Waals surface area contributed by atoms with E-state index < -0.39 is 12.1 Å². The van der Waals surface area contributed by atoms with Crippen molar-refractivity contribution in [2.45, 2.75) is 51.6 Å². The molecule has 3 atom stereocenters. The summed E-state index contributed by atoms with van der Waals surface area (Å²) < 4.78 is 0. The Labute approximate surface area is 144 Å². The number of hydrogen-bond acceptors (Lipinski definition) is 3. The quantitative estimate of drug-likeness (QED) is 0.445. The first-order valence-corrected chi connectivity index (χ1v) is 8.64. The minimum atomic E-state index is -0.781. The summed E-state index contributed by atoms with van der Waals surface area (Å²) in [6.45, 7) is 2.05. The number of allylic oxidation sites excluding steroid dienone is 6. The average molecular weight is 332 g/mol. The molecule has 4 heteroatoms. The lowest BCUT2D eigenvalue weighted by atomic mass is 9.90. The zero-order valence-electron chi connectivity index (χ0n) is 14.3. The molecule has 0 saturated heterocycles. The molecule has 0 radical (unpaired) electrons. The van der Waals surface area contributed by atoms with Gasteiger partial charge in [-0.3, -0.25) is 9.59 Å². The largest absolute Gasteiger partial charge is 0.481 e. The Morgan fingerprint density at radius 3 is 2.79 bits per heavy atom. The summed E-state index contributed by atoms with van der Waals surface area (Å²) in [4.78, 5) is 22.4. The number of carboxylic acid groups (broad SMARTS) is 1. The number of ketones is 1. The molecular weight excluding hydrogens is 304 g/mol. The van der Waals surface area contributed by atoms with Crippen molar-refractivity contribution in [3.63, 3.8) is 0 Å². The van der Waals surface area contributed by atoms with Crippen molar-refractivity contribution in [2.24, 2.45) is 11.8 Å². The maximum atomic E-state index is 11.9. The Morgan fingerprint density at radius 1 is 1.29 bits per heavy atom. The molecule has 0 aromatic carbocycles. The van der Waals surface area contributed by atoms with Crippen LogP contribution in [-0.2, 0) is 9.59 Å².